The van der Waals surface area contributed by atoms with Gasteiger partial charge in [-0.1, -0.05) is 23.3 Å². The second-order valence-corrected chi connectivity index (χ2v) is 7.92. The minimum Gasteiger partial charge on any atom is -0.478 e. The number of carboxylic acids is 1. The molecule has 2 rings (SSSR count). The lowest BCUT2D eigenvalue weighted by molar-refractivity contribution is 0.0696. The van der Waals surface area contributed by atoms with Crippen LogP contribution in [-0.4, -0.2) is 36.9 Å². The number of hydrogen-bond donors (Lipinski definition) is 1. The van der Waals surface area contributed by atoms with Gasteiger partial charge in [0.2, 0.25) is 10.0 Å². The lowest BCUT2D eigenvalue weighted by Gasteiger charge is -2.25. The van der Waals surface area contributed by atoms with Crippen molar-refractivity contribution < 1.29 is 18.3 Å². The molecule has 0 spiro atoms. The number of sulfonamides is 1. The molecule has 8 heteroatoms. The third kappa shape index (κ3) is 3.31. The lowest BCUT2D eigenvalue weighted by Crippen LogP contribution is -2.35. The van der Waals surface area contributed by atoms with E-state index in [4.69, 9.17) is 16.7 Å². The minimum absolute atomic E-state index is 0.0174. The van der Waals surface area contributed by atoms with Crippen LogP contribution in [0.2, 0.25) is 5.02 Å². The Morgan fingerprint density at radius 1 is 1.43 bits per heavy atom. The highest BCUT2D eigenvalue weighted by molar-refractivity contribution is 9.10. The zero-order valence-corrected chi connectivity index (χ0v) is 14.3. The second-order valence-electron chi connectivity index (χ2n) is 4.75. The average Bonchev–Trinajstić information content (AvgIpc) is 2.41. The van der Waals surface area contributed by atoms with Crippen molar-refractivity contribution in [3.63, 3.8) is 0 Å². The van der Waals surface area contributed by atoms with Crippen molar-refractivity contribution in [3.8, 4) is 0 Å². The van der Waals surface area contributed by atoms with Crippen LogP contribution < -0.4 is 0 Å². The summed E-state index contributed by atoms with van der Waals surface area (Å²) < 4.78 is 26.8. The molecule has 5 nitrogen and oxygen atoms in total. The summed E-state index contributed by atoms with van der Waals surface area (Å²) in [4.78, 5) is 11.1. The molecule has 1 N–H and O–H groups in total. The van der Waals surface area contributed by atoms with E-state index in [1.807, 2.05) is 13.0 Å². The predicted molar refractivity (Wildman–Crippen MR) is 83.2 cm³/mol. The predicted octanol–water partition coefficient (Wildman–Crippen LogP) is 3.14. The van der Waals surface area contributed by atoms with E-state index < -0.39 is 16.0 Å². The molecule has 0 atom stereocenters. The van der Waals surface area contributed by atoms with Gasteiger partial charge in [0.25, 0.3) is 0 Å². The summed E-state index contributed by atoms with van der Waals surface area (Å²) in [5.41, 5.74) is 0.727. The van der Waals surface area contributed by atoms with Gasteiger partial charge >= 0.3 is 5.97 Å². The summed E-state index contributed by atoms with van der Waals surface area (Å²) in [6, 6.07) is 2.43. The van der Waals surface area contributed by atoms with Crippen LogP contribution in [0.1, 0.15) is 23.7 Å². The summed E-state index contributed by atoms with van der Waals surface area (Å²) in [6.45, 7) is 2.55. The van der Waals surface area contributed by atoms with Crippen LogP contribution >= 0.6 is 27.5 Å². The van der Waals surface area contributed by atoms with Gasteiger partial charge in [-0.3, -0.25) is 0 Å². The van der Waals surface area contributed by atoms with E-state index in [0.29, 0.717) is 19.5 Å². The van der Waals surface area contributed by atoms with Crippen LogP contribution in [0, 0.1) is 0 Å². The number of benzene rings is 1. The van der Waals surface area contributed by atoms with Crippen molar-refractivity contribution >= 4 is 43.5 Å². The molecule has 0 saturated heterocycles. The maximum absolute atomic E-state index is 12.6. The minimum atomic E-state index is -3.75. The van der Waals surface area contributed by atoms with Crippen molar-refractivity contribution in [1.82, 2.24) is 4.31 Å². The molecular formula is C13H13BrClNO4S. The third-order valence-corrected chi connectivity index (χ3v) is 6.25. The van der Waals surface area contributed by atoms with Gasteiger partial charge in [-0.15, -0.1) is 0 Å². The van der Waals surface area contributed by atoms with Crippen LogP contribution in [0.4, 0.5) is 0 Å². The monoisotopic (exact) mass is 393 g/mol. The Bertz CT molecular complexity index is 730. The zero-order valence-electron chi connectivity index (χ0n) is 11.1. The molecule has 1 heterocycles. The number of carboxylic acid groups (broad SMARTS) is 1. The average molecular weight is 395 g/mol. The number of hydrogen-bond acceptors (Lipinski definition) is 3. The normalized spacial score (nSPS) is 16.6. The Labute approximate surface area is 136 Å². The number of carbonyl (C=O) groups is 1. The zero-order chi connectivity index (χ0) is 15.8. The van der Waals surface area contributed by atoms with Crippen molar-refractivity contribution in [2.45, 2.75) is 18.2 Å². The number of nitrogens with zero attached hydrogens (tertiary/aromatic N) is 1. The topological polar surface area (TPSA) is 74.7 Å². The van der Waals surface area contributed by atoms with Gasteiger partial charge in [-0.25, -0.2) is 13.2 Å². The molecule has 1 aromatic carbocycles. The third-order valence-electron chi connectivity index (χ3n) is 3.17. The molecule has 0 saturated carbocycles. The quantitative estimate of drug-likeness (QED) is 0.799. The van der Waals surface area contributed by atoms with Crippen molar-refractivity contribution in [2.24, 2.45) is 0 Å². The maximum atomic E-state index is 12.6. The summed E-state index contributed by atoms with van der Waals surface area (Å²) >= 11 is 8.98. The summed E-state index contributed by atoms with van der Waals surface area (Å²) in [5.74, 6) is -1.27. The summed E-state index contributed by atoms with van der Waals surface area (Å²) in [7, 11) is -3.75. The highest BCUT2D eigenvalue weighted by Gasteiger charge is 2.28. The number of rotatable bonds is 3. The fraction of sp³-hybridized carbons (Fsp3) is 0.308. The molecule has 0 fully saturated rings. The molecule has 0 aliphatic carbocycles. The van der Waals surface area contributed by atoms with E-state index >= 15 is 0 Å². The largest absolute Gasteiger partial charge is 0.478 e. The van der Waals surface area contributed by atoms with E-state index in [9.17, 15) is 13.2 Å². The first-order valence-corrected chi connectivity index (χ1v) is 8.72. The standard InChI is InChI=1S/C13H13BrClNO4S/c1-8-3-2-4-16(7-8)21(19,20)9-5-10(13(17)18)12(15)11(14)6-9/h3,5-6H,2,4,7H2,1H3,(H,17,18). The Kier molecular flexibility index (Phi) is 4.77. The first-order valence-electron chi connectivity index (χ1n) is 6.11. The number of aromatic carboxylic acids is 1. The Hall–Kier alpha value is -0.890. The van der Waals surface area contributed by atoms with Crippen LogP contribution in [-0.2, 0) is 10.0 Å². The summed E-state index contributed by atoms with van der Waals surface area (Å²) in [5, 5.41) is 9.09. The van der Waals surface area contributed by atoms with Gasteiger partial charge in [0, 0.05) is 17.6 Å². The SMILES string of the molecule is CC1=CCCN(S(=O)(=O)c2cc(Br)c(Cl)c(C(=O)O)c2)C1. The fourth-order valence-electron chi connectivity index (χ4n) is 2.10. The smallest absolute Gasteiger partial charge is 0.337 e. The van der Waals surface area contributed by atoms with E-state index in [1.165, 1.54) is 10.4 Å². The van der Waals surface area contributed by atoms with Gasteiger partial charge in [-0.2, -0.15) is 4.31 Å². The van der Waals surface area contributed by atoms with E-state index in [2.05, 4.69) is 15.9 Å². The van der Waals surface area contributed by atoms with Crippen LogP contribution in [0.25, 0.3) is 0 Å². The molecule has 1 aromatic rings. The molecule has 1 aliphatic heterocycles. The van der Waals surface area contributed by atoms with Crippen LogP contribution in [0.3, 0.4) is 0 Å². The van der Waals surface area contributed by atoms with Gasteiger partial charge in [0.05, 0.1) is 15.5 Å². The lowest BCUT2D eigenvalue weighted by atomic mass is 10.2. The fourth-order valence-corrected chi connectivity index (χ4v) is 4.45. The van der Waals surface area contributed by atoms with Crippen molar-refractivity contribution in [1.29, 1.82) is 0 Å². The molecule has 1 aliphatic rings. The van der Waals surface area contributed by atoms with Crippen molar-refractivity contribution in [3.05, 3.63) is 38.8 Å². The van der Waals surface area contributed by atoms with Gasteiger partial charge in [-0.05, 0) is 41.4 Å². The van der Waals surface area contributed by atoms with E-state index in [0.717, 1.165) is 11.6 Å². The molecule has 0 unspecified atom stereocenters. The molecular weight excluding hydrogens is 382 g/mol. The second kappa shape index (κ2) is 6.08. The molecule has 0 amide bonds. The van der Waals surface area contributed by atoms with Gasteiger partial charge in [0.1, 0.15) is 0 Å². The van der Waals surface area contributed by atoms with E-state index in [1.54, 1.807) is 0 Å². The maximum Gasteiger partial charge on any atom is 0.337 e. The highest BCUT2D eigenvalue weighted by atomic mass is 79.9. The Morgan fingerprint density at radius 3 is 2.67 bits per heavy atom. The Morgan fingerprint density at radius 2 is 2.10 bits per heavy atom. The Balaban J connectivity index is 2.50. The molecule has 114 valence electrons. The summed E-state index contributed by atoms with van der Waals surface area (Å²) in [6.07, 6.45) is 2.64. The molecule has 0 aromatic heterocycles. The first kappa shape index (κ1) is 16.5. The van der Waals surface area contributed by atoms with Gasteiger partial charge in [0.15, 0.2) is 0 Å². The molecule has 0 bridgehead atoms. The molecule has 21 heavy (non-hydrogen) atoms. The molecule has 0 radical (unpaired) electrons. The van der Waals surface area contributed by atoms with Crippen LogP contribution in [0.15, 0.2) is 33.2 Å². The van der Waals surface area contributed by atoms with Crippen molar-refractivity contribution in [2.75, 3.05) is 13.1 Å². The van der Waals surface area contributed by atoms with E-state index in [-0.39, 0.29) is 20.0 Å². The number of halogens is 2. The first-order chi connectivity index (χ1) is 9.73. The van der Waals surface area contributed by atoms with Crippen LogP contribution in [0.5, 0.6) is 0 Å². The van der Waals surface area contributed by atoms with Gasteiger partial charge < -0.3 is 5.11 Å². The highest BCUT2D eigenvalue weighted by Crippen LogP contribution is 2.31.